The van der Waals surface area contributed by atoms with Gasteiger partial charge in [-0.25, -0.2) is 0 Å². The molecule has 2 heterocycles. The Hall–Kier alpha value is -1.03. The molecule has 0 spiro atoms. The zero-order valence-electron chi connectivity index (χ0n) is 7.21. The predicted molar refractivity (Wildman–Crippen MR) is 46.4 cm³/mol. The molecule has 0 radical (unpaired) electrons. The van der Waals surface area contributed by atoms with Crippen molar-refractivity contribution >= 4 is 5.82 Å². The van der Waals surface area contributed by atoms with E-state index in [2.05, 4.69) is 21.2 Å². The first kappa shape index (κ1) is 7.61. The number of nitrogens with one attached hydrogen (secondary N) is 1. The van der Waals surface area contributed by atoms with Gasteiger partial charge in [0.1, 0.15) is 5.82 Å². The summed E-state index contributed by atoms with van der Waals surface area (Å²) in [7, 11) is 0. The van der Waals surface area contributed by atoms with Crippen LogP contribution in [-0.4, -0.2) is 36.5 Å². The largest absolute Gasteiger partial charge is 0.378 e. The maximum Gasteiger partial charge on any atom is 0.124 e. The molecule has 0 unspecified atom stereocenters. The minimum absolute atomic E-state index is 0.818. The highest BCUT2D eigenvalue weighted by molar-refractivity contribution is 5.39. The second-order valence-corrected chi connectivity index (χ2v) is 2.99. The Kier molecular flexibility index (Phi) is 1.99. The number of aryl methyl sites for hydroxylation is 1. The summed E-state index contributed by atoms with van der Waals surface area (Å²) < 4.78 is 5.25. The molecule has 1 aromatic heterocycles. The molecule has 12 heavy (non-hydrogen) atoms. The van der Waals surface area contributed by atoms with Crippen molar-refractivity contribution in [1.29, 1.82) is 0 Å². The van der Waals surface area contributed by atoms with Crippen LogP contribution in [-0.2, 0) is 4.74 Å². The number of H-pyrrole nitrogens is 1. The highest BCUT2D eigenvalue weighted by Gasteiger charge is 2.12. The molecule has 1 aromatic rings. The van der Waals surface area contributed by atoms with Crippen LogP contribution in [0.15, 0.2) is 6.07 Å². The van der Waals surface area contributed by atoms with Crippen molar-refractivity contribution in [3.8, 4) is 0 Å². The Morgan fingerprint density at radius 1 is 1.50 bits per heavy atom. The van der Waals surface area contributed by atoms with Crippen LogP contribution in [0.2, 0.25) is 0 Å². The van der Waals surface area contributed by atoms with Crippen LogP contribution in [0, 0.1) is 6.92 Å². The van der Waals surface area contributed by atoms with Gasteiger partial charge >= 0.3 is 0 Å². The number of rotatable bonds is 1. The van der Waals surface area contributed by atoms with Crippen molar-refractivity contribution in [2.75, 3.05) is 31.2 Å². The average Bonchev–Trinajstić information content (AvgIpc) is 2.54. The van der Waals surface area contributed by atoms with Crippen molar-refractivity contribution in [3.63, 3.8) is 0 Å². The molecule has 1 saturated heterocycles. The van der Waals surface area contributed by atoms with Gasteiger partial charge in [0.25, 0.3) is 0 Å². The molecule has 2 rings (SSSR count). The number of hydrogen-bond donors (Lipinski definition) is 1. The molecule has 66 valence electrons. The van der Waals surface area contributed by atoms with Crippen molar-refractivity contribution in [2.45, 2.75) is 6.92 Å². The molecule has 0 amide bonds. The third-order valence-electron chi connectivity index (χ3n) is 2.04. The Bertz CT molecular complexity index is 253. The van der Waals surface area contributed by atoms with E-state index in [0.29, 0.717) is 0 Å². The topological polar surface area (TPSA) is 41.1 Å². The average molecular weight is 167 g/mol. The standard InChI is InChI=1S/C8H13N3O/c1-7-6-8(10-9-7)11-2-4-12-5-3-11/h6H,2-5H2,1H3,(H,9,10). The van der Waals surface area contributed by atoms with E-state index in [-0.39, 0.29) is 0 Å². The van der Waals surface area contributed by atoms with Gasteiger partial charge in [-0.1, -0.05) is 0 Å². The van der Waals surface area contributed by atoms with Crippen molar-refractivity contribution in [2.24, 2.45) is 0 Å². The van der Waals surface area contributed by atoms with E-state index in [1.807, 2.05) is 6.92 Å². The van der Waals surface area contributed by atoms with Crippen molar-refractivity contribution in [1.82, 2.24) is 10.2 Å². The smallest absolute Gasteiger partial charge is 0.124 e. The summed E-state index contributed by atoms with van der Waals surface area (Å²) in [6, 6.07) is 2.06. The van der Waals surface area contributed by atoms with E-state index in [1.165, 1.54) is 0 Å². The normalized spacial score (nSPS) is 18.2. The summed E-state index contributed by atoms with van der Waals surface area (Å²) in [5.74, 6) is 1.11. The summed E-state index contributed by atoms with van der Waals surface area (Å²) in [5.41, 5.74) is 1.04. The van der Waals surface area contributed by atoms with Gasteiger partial charge in [0.2, 0.25) is 0 Å². The van der Waals surface area contributed by atoms with Crippen molar-refractivity contribution in [3.05, 3.63) is 11.8 Å². The molecular formula is C8H13N3O. The van der Waals surface area contributed by atoms with Crippen LogP contribution in [0.25, 0.3) is 0 Å². The van der Waals surface area contributed by atoms with E-state index in [4.69, 9.17) is 4.74 Å². The molecular weight excluding hydrogens is 154 g/mol. The molecule has 1 fully saturated rings. The van der Waals surface area contributed by atoms with Gasteiger partial charge in [-0.15, -0.1) is 0 Å². The molecule has 0 aromatic carbocycles. The molecule has 4 heteroatoms. The molecule has 0 atom stereocenters. The zero-order valence-corrected chi connectivity index (χ0v) is 7.21. The second kappa shape index (κ2) is 3.15. The Balaban J connectivity index is 2.08. The molecule has 0 bridgehead atoms. The van der Waals surface area contributed by atoms with Gasteiger partial charge in [0.05, 0.1) is 18.9 Å². The zero-order chi connectivity index (χ0) is 8.39. The van der Waals surface area contributed by atoms with Crippen LogP contribution < -0.4 is 4.90 Å². The van der Waals surface area contributed by atoms with Gasteiger partial charge in [0, 0.05) is 19.2 Å². The van der Waals surface area contributed by atoms with Crippen LogP contribution in [0.5, 0.6) is 0 Å². The number of ether oxygens (including phenoxy) is 1. The highest BCUT2D eigenvalue weighted by Crippen LogP contribution is 2.12. The van der Waals surface area contributed by atoms with E-state index < -0.39 is 0 Å². The number of aromatic nitrogens is 2. The lowest BCUT2D eigenvalue weighted by Crippen LogP contribution is -2.36. The lowest BCUT2D eigenvalue weighted by atomic mass is 10.4. The monoisotopic (exact) mass is 167 g/mol. The van der Waals surface area contributed by atoms with E-state index in [0.717, 1.165) is 37.8 Å². The van der Waals surface area contributed by atoms with Crippen LogP contribution in [0.3, 0.4) is 0 Å². The summed E-state index contributed by atoms with van der Waals surface area (Å²) in [6.07, 6.45) is 0. The number of anilines is 1. The molecule has 1 aliphatic heterocycles. The first-order valence-electron chi connectivity index (χ1n) is 4.21. The van der Waals surface area contributed by atoms with Crippen molar-refractivity contribution < 1.29 is 4.74 Å². The number of nitrogens with zero attached hydrogens (tertiary/aromatic N) is 2. The van der Waals surface area contributed by atoms with E-state index in [9.17, 15) is 0 Å². The quantitative estimate of drug-likeness (QED) is 0.664. The van der Waals surface area contributed by atoms with E-state index >= 15 is 0 Å². The van der Waals surface area contributed by atoms with Gasteiger partial charge in [0.15, 0.2) is 0 Å². The van der Waals surface area contributed by atoms with Crippen LogP contribution in [0.1, 0.15) is 5.69 Å². The highest BCUT2D eigenvalue weighted by atomic mass is 16.5. The fourth-order valence-electron chi connectivity index (χ4n) is 1.37. The van der Waals surface area contributed by atoms with Gasteiger partial charge in [-0.05, 0) is 6.92 Å². The first-order valence-corrected chi connectivity index (χ1v) is 4.21. The summed E-state index contributed by atoms with van der Waals surface area (Å²) >= 11 is 0. The van der Waals surface area contributed by atoms with Gasteiger partial charge in [-0.3, -0.25) is 5.10 Å². The number of hydrogen-bond acceptors (Lipinski definition) is 3. The Morgan fingerprint density at radius 3 is 2.83 bits per heavy atom. The maximum atomic E-state index is 5.25. The van der Waals surface area contributed by atoms with Crippen LogP contribution >= 0.6 is 0 Å². The molecule has 1 N–H and O–H groups in total. The predicted octanol–water partition coefficient (Wildman–Crippen LogP) is 0.555. The lowest BCUT2D eigenvalue weighted by Gasteiger charge is -2.26. The van der Waals surface area contributed by atoms with E-state index in [1.54, 1.807) is 0 Å². The summed E-state index contributed by atoms with van der Waals surface area (Å²) in [4.78, 5) is 2.25. The second-order valence-electron chi connectivity index (χ2n) is 2.99. The Labute approximate surface area is 71.5 Å². The minimum Gasteiger partial charge on any atom is -0.378 e. The Morgan fingerprint density at radius 2 is 2.25 bits per heavy atom. The molecule has 0 aliphatic carbocycles. The van der Waals surface area contributed by atoms with Gasteiger partial charge < -0.3 is 9.64 Å². The fraction of sp³-hybridized carbons (Fsp3) is 0.625. The fourth-order valence-corrected chi connectivity index (χ4v) is 1.37. The summed E-state index contributed by atoms with van der Waals surface area (Å²) in [6.45, 7) is 5.54. The maximum absolute atomic E-state index is 5.25. The molecule has 4 nitrogen and oxygen atoms in total. The molecule has 1 aliphatic rings. The summed E-state index contributed by atoms with van der Waals surface area (Å²) in [5, 5.41) is 7.08. The lowest BCUT2D eigenvalue weighted by molar-refractivity contribution is 0.122. The number of morpholine rings is 1. The van der Waals surface area contributed by atoms with Gasteiger partial charge in [-0.2, -0.15) is 5.10 Å². The first-order chi connectivity index (χ1) is 5.86. The molecule has 0 saturated carbocycles. The third kappa shape index (κ3) is 1.43. The SMILES string of the molecule is Cc1cc(N2CCOCC2)[nH]n1. The minimum atomic E-state index is 0.818. The van der Waals surface area contributed by atoms with Crippen LogP contribution in [0.4, 0.5) is 5.82 Å². The number of aromatic amines is 1. The third-order valence-corrected chi connectivity index (χ3v) is 2.04.